The minimum Gasteiger partial charge on any atom is -0.497 e. The maximum atomic E-state index is 12.2. The average molecular weight is 492 g/mol. The molecule has 3 N–H and O–H groups in total. The number of anilines is 1. The van der Waals surface area contributed by atoms with Gasteiger partial charge in [-0.3, -0.25) is 0 Å². The van der Waals surface area contributed by atoms with Crippen LogP contribution in [0.5, 0.6) is 5.75 Å². The number of nitrogen functional groups attached to an aromatic ring is 1. The molecule has 0 aliphatic heterocycles. The van der Waals surface area contributed by atoms with Crippen molar-refractivity contribution in [1.29, 1.82) is 0 Å². The molecule has 2 aliphatic carbocycles. The van der Waals surface area contributed by atoms with E-state index in [9.17, 15) is 4.79 Å². The first-order valence-electron chi connectivity index (χ1n) is 12.8. The third-order valence-corrected chi connectivity index (χ3v) is 7.93. The van der Waals surface area contributed by atoms with Gasteiger partial charge in [0.25, 0.3) is 0 Å². The Hall–Kier alpha value is -3.29. The van der Waals surface area contributed by atoms with Crippen molar-refractivity contribution < 1.29 is 14.3 Å². The summed E-state index contributed by atoms with van der Waals surface area (Å²) in [5, 5.41) is 3.98. The second-order valence-corrected chi connectivity index (χ2v) is 11.5. The quantitative estimate of drug-likeness (QED) is 0.495. The van der Waals surface area contributed by atoms with Gasteiger partial charge in [-0.05, 0) is 88.3 Å². The first kappa shape index (κ1) is 24.4. The Labute approximate surface area is 212 Å². The highest BCUT2D eigenvalue weighted by atomic mass is 16.6. The largest absolute Gasteiger partial charge is 0.497 e. The number of amides is 1. The van der Waals surface area contributed by atoms with Crippen molar-refractivity contribution >= 4 is 22.9 Å². The number of carbonyl (C=O) groups is 1. The molecule has 1 amide bonds. The van der Waals surface area contributed by atoms with Crippen LogP contribution in [0.4, 0.5) is 10.6 Å². The van der Waals surface area contributed by atoms with Gasteiger partial charge in [0, 0.05) is 24.3 Å². The molecule has 1 spiro atoms. The number of nitrogens with zero attached hydrogens (tertiary/aromatic N) is 3. The second-order valence-electron chi connectivity index (χ2n) is 11.5. The Balaban J connectivity index is 1.36. The number of hydrogen-bond acceptors (Lipinski definition) is 6. The van der Waals surface area contributed by atoms with E-state index in [0.717, 1.165) is 66.4 Å². The SMILES string of the molecule is COc1ccc(-c2c(C3CCC4(CC3)CC(NC(=O)OC(C)(C)C)C4)n(C)c3ncnc(N)c23)cc1. The molecule has 192 valence electrons. The van der Waals surface area contributed by atoms with Gasteiger partial charge in [-0.25, -0.2) is 14.8 Å². The van der Waals surface area contributed by atoms with E-state index < -0.39 is 5.60 Å². The summed E-state index contributed by atoms with van der Waals surface area (Å²) in [6.45, 7) is 5.67. The first-order chi connectivity index (χ1) is 17.1. The molecule has 1 aromatic carbocycles. The number of rotatable bonds is 4. The lowest BCUT2D eigenvalue weighted by Crippen LogP contribution is -2.52. The molecular formula is C28H37N5O3. The number of aryl methyl sites for hydroxylation is 1. The maximum Gasteiger partial charge on any atom is 0.407 e. The molecule has 2 heterocycles. The van der Waals surface area contributed by atoms with E-state index in [-0.39, 0.29) is 12.1 Å². The van der Waals surface area contributed by atoms with Gasteiger partial charge >= 0.3 is 6.09 Å². The van der Waals surface area contributed by atoms with Gasteiger partial charge in [0.15, 0.2) is 0 Å². The van der Waals surface area contributed by atoms with Crippen molar-refractivity contribution in [3.63, 3.8) is 0 Å². The van der Waals surface area contributed by atoms with Crippen LogP contribution in [0.2, 0.25) is 0 Å². The van der Waals surface area contributed by atoms with E-state index in [1.165, 1.54) is 5.69 Å². The van der Waals surface area contributed by atoms with Crippen molar-refractivity contribution in [3.8, 4) is 16.9 Å². The molecule has 0 saturated heterocycles. The molecular weight excluding hydrogens is 454 g/mol. The van der Waals surface area contributed by atoms with E-state index in [2.05, 4.69) is 39.0 Å². The lowest BCUT2D eigenvalue weighted by atomic mass is 9.56. The molecule has 3 aromatic rings. The highest BCUT2D eigenvalue weighted by Crippen LogP contribution is 2.56. The third kappa shape index (κ3) is 4.49. The predicted octanol–water partition coefficient (Wildman–Crippen LogP) is 5.56. The Kier molecular flexibility index (Phi) is 6.09. The maximum absolute atomic E-state index is 12.2. The summed E-state index contributed by atoms with van der Waals surface area (Å²) in [7, 11) is 3.77. The van der Waals surface area contributed by atoms with Crippen LogP contribution >= 0.6 is 0 Å². The highest BCUT2D eigenvalue weighted by molar-refractivity contribution is 6.02. The highest BCUT2D eigenvalue weighted by Gasteiger charge is 2.47. The van der Waals surface area contributed by atoms with E-state index in [1.54, 1.807) is 13.4 Å². The standard InChI is InChI=1S/C28H37N5O3/c1-27(2,3)36-26(34)32-19-14-28(15-19)12-10-18(11-13-28)23-21(17-6-8-20(35-5)9-7-17)22-24(29)30-16-31-25(22)33(23)4/h6-9,16,18-19H,10-15H2,1-5H3,(H,32,34)(H2,29,30,31). The predicted molar refractivity (Wildman–Crippen MR) is 141 cm³/mol. The van der Waals surface area contributed by atoms with Gasteiger partial charge in [-0.1, -0.05) is 12.1 Å². The summed E-state index contributed by atoms with van der Waals surface area (Å²) in [5.74, 6) is 1.74. The summed E-state index contributed by atoms with van der Waals surface area (Å²) in [5.41, 5.74) is 10.6. The molecule has 0 atom stereocenters. The van der Waals surface area contributed by atoms with Gasteiger partial charge in [0.2, 0.25) is 0 Å². The number of ether oxygens (including phenoxy) is 2. The Morgan fingerprint density at radius 3 is 2.42 bits per heavy atom. The zero-order chi connectivity index (χ0) is 25.7. The topological polar surface area (TPSA) is 104 Å². The van der Waals surface area contributed by atoms with Crippen LogP contribution in [-0.2, 0) is 11.8 Å². The number of methoxy groups -OCH3 is 1. The summed E-state index contributed by atoms with van der Waals surface area (Å²) in [6, 6.07) is 8.36. The van der Waals surface area contributed by atoms with Gasteiger partial charge in [-0.15, -0.1) is 0 Å². The van der Waals surface area contributed by atoms with Crippen molar-refractivity contribution in [2.24, 2.45) is 12.5 Å². The Bertz CT molecular complexity index is 1260. The Morgan fingerprint density at radius 1 is 1.14 bits per heavy atom. The molecule has 8 heteroatoms. The fraction of sp³-hybridized carbons (Fsp3) is 0.536. The molecule has 36 heavy (non-hydrogen) atoms. The average Bonchev–Trinajstić information content (AvgIpc) is 3.11. The van der Waals surface area contributed by atoms with E-state index >= 15 is 0 Å². The molecule has 0 radical (unpaired) electrons. The number of fused-ring (bicyclic) bond motifs is 1. The van der Waals surface area contributed by atoms with Crippen LogP contribution in [0.15, 0.2) is 30.6 Å². The van der Waals surface area contributed by atoms with Gasteiger partial charge in [-0.2, -0.15) is 0 Å². The molecule has 5 rings (SSSR count). The van der Waals surface area contributed by atoms with Crippen LogP contribution in [0.3, 0.4) is 0 Å². The molecule has 8 nitrogen and oxygen atoms in total. The number of alkyl carbamates (subject to hydrolysis) is 1. The summed E-state index contributed by atoms with van der Waals surface area (Å²) < 4.78 is 13.0. The number of nitrogens with one attached hydrogen (secondary N) is 1. The van der Waals surface area contributed by atoms with Crippen molar-refractivity contribution in [2.75, 3.05) is 12.8 Å². The fourth-order valence-corrected chi connectivity index (χ4v) is 6.30. The van der Waals surface area contributed by atoms with E-state index in [0.29, 0.717) is 17.2 Å². The molecule has 2 fully saturated rings. The normalized spacial score (nSPS) is 23.9. The van der Waals surface area contributed by atoms with Crippen LogP contribution in [0, 0.1) is 5.41 Å². The smallest absolute Gasteiger partial charge is 0.407 e. The summed E-state index contributed by atoms with van der Waals surface area (Å²) in [4.78, 5) is 21.1. The molecule has 0 bridgehead atoms. The van der Waals surface area contributed by atoms with Crippen molar-refractivity contribution in [3.05, 3.63) is 36.3 Å². The van der Waals surface area contributed by atoms with Crippen LogP contribution in [0.1, 0.15) is 70.9 Å². The van der Waals surface area contributed by atoms with Crippen molar-refractivity contribution in [1.82, 2.24) is 19.9 Å². The zero-order valence-corrected chi connectivity index (χ0v) is 21.9. The number of carbonyl (C=O) groups excluding carboxylic acids is 1. The van der Waals surface area contributed by atoms with Gasteiger partial charge < -0.3 is 25.1 Å². The minimum absolute atomic E-state index is 0.207. The molecule has 2 aromatic heterocycles. The van der Waals surface area contributed by atoms with Crippen molar-refractivity contribution in [2.45, 2.75) is 76.9 Å². The van der Waals surface area contributed by atoms with Crippen LogP contribution < -0.4 is 15.8 Å². The van der Waals surface area contributed by atoms with Gasteiger partial charge in [0.05, 0.1) is 12.5 Å². The fourth-order valence-electron chi connectivity index (χ4n) is 6.30. The molecule has 0 unspecified atom stereocenters. The lowest BCUT2D eigenvalue weighted by molar-refractivity contribution is 0.0137. The number of benzene rings is 1. The monoisotopic (exact) mass is 491 g/mol. The summed E-state index contributed by atoms with van der Waals surface area (Å²) in [6.07, 6.45) is 7.77. The first-order valence-corrected chi connectivity index (χ1v) is 12.8. The lowest BCUT2D eigenvalue weighted by Gasteiger charge is -2.51. The summed E-state index contributed by atoms with van der Waals surface area (Å²) >= 11 is 0. The van der Waals surface area contributed by atoms with E-state index in [1.807, 2.05) is 32.9 Å². The van der Waals surface area contributed by atoms with E-state index in [4.69, 9.17) is 15.2 Å². The number of hydrogen-bond donors (Lipinski definition) is 2. The number of nitrogens with two attached hydrogens (primary N) is 1. The third-order valence-electron chi connectivity index (χ3n) is 7.93. The zero-order valence-electron chi connectivity index (χ0n) is 21.9. The molecule has 2 saturated carbocycles. The Morgan fingerprint density at radius 2 is 1.81 bits per heavy atom. The molecule has 2 aliphatic rings. The van der Waals surface area contributed by atoms with Crippen LogP contribution in [-0.4, -0.2) is 39.4 Å². The van der Waals surface area contributed by atoms with Crippen LogP contribution in [0.25, 0.3) is 22.2 Å². The minimum atomic E-state index is -0.475. The van der Waals surface area contributed by atoms with Gasteiger partial charge in [0.1, 0.15) is 29.1 Å². The number of aromatic nitrogens is 3. The second kappa shape index (κ2) is 8.98.